The van der Waals surface area contributed by atoms with Gasteiger partial charge in [-0.25, -0.2) is 14.7 Å². The number of hydrogen-bond acceptors (Lipinski definition) is 5. The first-order chi connectivity index (χ1) is 20.4. The number of anilines is 2. The van der Waals surface area contributed by atoms with E-state index in [4.69, 9.17) is 38.3 Å². The molecule has 6 nitrogen and oxygen atoms in total. The van der Waals surface area contributed by atoms with E-state index in [9.17, 15) is 0 Å². The number of fused-ring (bicyclic) bond motifs is 4. The third kappa shape index (κ3) is 4.57. The number of aliphatic imine (C=N–C) groups is 2. The Morgan fingerprint density at radius 3 is 2.21 bits per heavy atom. The lowest BCUT2D eigenvalue weighted by molar-refractivity contribution is 0.810. The first kappa shape index (κ1) is 26.5. The predicted molar refractivity (Wildman–Crippen MR) is 174 cm³/mol. The van der Waals surface area contributed by atoms with Crippen molar-refractivity contribution in [3.05, 3.63) is 129 Å². The quantitative estimate of drug-likeness (QED) is 0.227. The normalized spacial score (nSPS) is 15.5. The van der Waals surface area contributed by atoms with E-state index < -0.39 is 0 Å². The van der Waals surface area contributed by atoms with E-state index in [2.05, 4.69) is 61.3 Å². The van der Waals surface area contributed by atoms with Crippen molar-refractivity contribution < 1.29 is 0 Å². The fraction of sp³-hybridized carbons (Fsp3) is 0.147. The van der Waals surface area contributed by atoms with Gasteiger partial charge < -0.3 is 10.2 Å². The average molecular weight is 592 g/mol. The van der Waals surface area contributed by atoms with Crippen molar-refractivity contribution in [3.8, 4) is 5.69 Å². The molecule has 3 heterocycles. The Balaban J connectivity index is 1.48. The van der Waals surface area contributed by atoms with Gasteiger partial charge >= 0.3 is 0 Å². The number of hydrogen-bond donors (Lipinski definition) is 1. The number of rotatable bonds is 4. The maximum atomic E-state index is 6.37. The van der Waals surface area contributed by atoms with Crippen molar-refractivity contribution in [1.29, 1.82) is 0 Å². The number of aryl methyl sites for hydroxylation is 1. The third-order valence-corrected chi connectivity index (χ3v) is 8.12. The van der Waals surface area contributed by atoms with Crippen LogP contribution in [0.5, 0.6) is 0 Å². The molecule has 42 heavy (non-hydrogen) atoms. The fourth-order valence-corrected chi connectivity index (χ4v) is 6.21. The summed E-state index contributed by atoms with van der Waals surface area (Å²) in [4.78, 5) is 12.6. The summed E-state index contributed by atoms with van der Waals surface area (Å²) in [5, 5.41) is 9.56. The second kappa shape index (κ2) is 10.5. The molecule has 8 heteroatoms. The summed E-state index contributed by atoms with van der Waals surface area (Å²) in [5.74, 6) is 2.50. The zero-order valence-corrected chi connectivity index (χ0v) is 24.9. The van der Waals surface area contributed by atoms with Gasteiger partial charge in [0.15, 0.2) is 17.5 Å². The van der Waals surface area contributed by atoms with Gasteiger partial charge in [-0.2, -0.15) is 5.10 Å². The molecule has 4 aromatic carbocycles. The molecular weight excluding hydrogens is 563 g/mol. The van der Waals surface area contributed by atoms with Crippen LogP contribution in [0.3, 0.4) is 0 Å². The molecule has 0 spiro atoms. The zero-order valence-electron chi connectivity index (χ0n) is 23.4. The minimum Gasteiger partial charge on any atom is -0.337 e. The first-order valence-electron chi connectivity index (χ1n) is 13.9. The smallest absolute Gasteiger partial charge is 0.179 e. The Hall–Kier alpha value is -4.39. The largest absolute Gasteiger partial charge is 0.337 e. The van der Waals surface area contributed by atoms with Crippen LogP contribution in [0, 0.1) is 6.92 Å². The van der Waals surface area contributed by atoms with Gasteiger partial charge in [-0.3, -0.25) is 0 Å². The molecular formula is C34H28Cl2N6. The molecule has 0 bridgehead atoms. The van der Waals surface area contributed by atoms with E-state index in [0.29, 0.717) is 27.6 Å². The molecule has 0 unspecified atom stereocenters. The molecule has 0 saturated carbocycles. The molecule has 0 saturated heterocycles. The van der Waals surface area contributed by atoms with E-state index >= 15 is 0 Å². The van der Waals surface area contributed by atoms with Crippen LogP contribution in [0.25, 0.3) is 5.69 Å². The van der Waals surface area contributed by atoms with Crippen LogP contribution in [0.4, 0.5) is 22.9 Å². The maximum absolute atomic E-state index is 6.37. The van der Waals surface area contributed by atoms with Gasteiger partial charge in [0, 0.05) is 21.3 Å². The second-order valence-corrected chi connectivity index (χ2v) is 11.7. The van der Waals surface area contributed by atoms with Crippen molar-refractivity contribution in [2.24, 2.45) is 9.98 Å². The molecule has 0 aliphatic carbocycles. The topological polar surface area (TPSA) is 57.8 Å². The number of amidine groups is 2. The maximum Gasteiger partial charge on any atom is 0.179 e. The van der Waals surface area contributed by atoms with Crippen LogP contribution in [-0.4, -0.2) is 21.5 Å². The molecule has 208 valence electrons. The lowest BCUT2D eigenvalue weighted by Crippen LogP contribution is -2.46. The van der Waals surface area contributed by atoms with Crippen LogP contribution < -0.4 is 10.2 Å². The summed E-state index contributed by atoms with van der Waals surface area (Å²) in [6.45, 7) is 6.49. The van der Waals surface area contributed by atoms with E-state index in [1.807, 2.05) is 65.3 Å². The zero-order chi connectivity index (χ0) is 29.0. The minimum atomic E-state index is -0.192. The van der Waals surface area contributed by atoms with Crippen molar-refractivity contribution in [3.63, 3.8) is 0 Å². The van der Waals surface area contributed by atoms with E-state index in [1.54, 1.807) is 6.07 Å². The highest BCUT2D eigenvalue weighted by atomic mass is 35.5. The van der Waals surface area contributed by atoms with Gasteiger partial charge in [-0.05, 0) is 66.4 Å². The van der Waals surface area contributed by atoms with Gasteiger partial charge in [-0.1, -0.05) is 91.6 Å². The summed E-state index contributed by atoms with van der Waals surface area (Å²) in [5.41, 5.74) is 7.90. The Kier molecular flexibility index (Phi) is 6.60. The Morgan fingerprint density at radius 2 is 1.50 bits per heavy atom. The molecule has 0 radical (unpaired) electrons. The van der Waals surface area contributed by atoms with Gasteiger partial charge in [0.05, 0.1) is 28.8 Å². The van der Waals surface area contributed by atoms with Gasteiger partial charge in [0.25, 0.3) is 0 Å². The average Bonchev–Trinajstić information content (AvgIpc) is 3.32. The van der Waals surface area contributed by atoms with Crippen molar-refractivity contribution in [2.45, 2.75) is 32.7 Å². The van der Waals surface area contributed by atoms with Crippen molar-refractivity contribution in [1.82, 2.24) is 9.78 Å². The van der Waals surface area contributed by atoms with Crippen LogP contribution in [-0.2, 0) is 0 Å². The number of para-hydroxylation sites is 3. The third-order valence-electron chi connectivity index (χ3n) is 7.68. The van der Waals surface area contributed by atoms with Crippen LogP contribution in [0.2, 0.25) is 10.0 Å². The molecule has 5 aromatic rings. The molecule has 0 fully saturated rings. The highest BCUT2D eigenvalue weighted by molar-refractivity contribution is 6.52. The standard InChI is InChI=1S/C34H28Cl2N6/c1-20(2)22-13-15-23(16-14-22)31-30-21(3)40-42(27-9-5-4-6-10-27)33(30)39-34-32(37-26-18-24(35)17-25(36)19-26)38-28-11-7-8-12-29(28)41(31)34/h4-20,31H,1-3H3,(H,37,38)/t31-/m1/s1. The van der Waals surface area contributed by atoms with Gasteiger partial charge in [0.2, 0.25) is 0 Å². The summed E-state index contributed by atoms with van der Waals surface area (Å²) in [6.07, 6.45) is 0. The molecule has 2 aliphatic heterocycles. The van der Waals surface area contributed by atoms with Crippen LogP contribution in [0.15, 0.2) is 107 Å². The number of nitrogens with one attached hydrogen (secondary N) is 1. The summed E-state index contributed by atoms with van der Waals surface area (Å²) in [6, 6.07) is 32.3. The highest BCUT2D eigenvalue weighted by Gasteiger charge is 2.41. The number of halogens is 2. The van der Waals surface area contributed by atoms with E-state index in [0.717, 1.165) is 45.4 Å². The molecule has 7 rings (SSSR count). The number of nitrogens with zero attached hydrogens (tertiary/aromatic N) is 5. The lowest BCUT2D eigenvalue weighted by Gasteiger charge is -2.40. The highest BCUT2D eigenvalue weighted by Crippen LogP contribution is 2.48. The van der Waals surface area contributed by atoms with Crippen LogP contribution in [0.1, 0.15) is 48.2 Å². The fourth-order valence-electron chi connectivity index (χ4n) is 5.69. The summed E-state index contributed by atoms with van der Waals surface area (Å²) < 4.78 is 1.93. The van der Waals surface area contributed by atoms with Gasteiger partial charge in [0.1, 0.15) is 0 Å². The molecule has 1 atom stereocenters. The van der Waals surface area contributed by atoms with E-state index in [-0.39, 0.29) is 6.04 Å². The second-order valence-electron chi connectivity index (χ2n) is 10.8. The molecule has 1 N–H and O–H groups in total. The number of aromatic nitrogens is 2. The molecule has 2 aliphatic rings. The predicted octanol–water partition coefficient (Wildman–Crippen LogP) is 9.41. The van der Waals surface area contributed by atoms with Crippen LogP contribution >= 0.6 is 23.2 Å². The Bertz CT molecular complexity index is 1850. The van der Waals surface area contributed by atoms with Gasteiger partial charge in [-0.15, -0.1) is 0 Å². The molecule has 0 amide bonds. The Labute approximate surface area is 255 Å². The summed E-state index contributed by atoms with van der Waals surface area (Å²) >= 11 is 12.7. The number of benzene rings is 4. The molecule has 1 aromatic heterocycles. The van der Waals surface area contributed by atoms with E-state index in [1.165, 1.54) is 5.56 Å². The first-order valence-corrected chi connectivity index (χ1v) is 14.7. The lowest BCUT2D eigenvalue weighted by atomic mass is 9.91. The van der Waals surface area contributed by atoms with Crippen molar-refractivity contribution >= 4 is 57.8 Å². The SMILES string of the molecule is Cc1nn(-c2ccccc2)c2c1[C@@H](c1ccc(C(C)C)cc1)N1C(=N2)C(Nc2cc(Cl)cc(Cl)c2)=Nc2ccccc21. The minimum absolute atomic E-state index is 0.192. The van der Waals surface area contributed by atoms with Crippen molar-refractivity contribution in [2.75, 3.05) is 10.2 Å². The summed E-state index contributed by atoms with van der Waals surface area (Å²) in [7, 11) is 0. The Morgan fingerprint density at radius 1 is 0.810 bits per heavy atom. The monoisotopic (exact) mass is 590 g/mol.